The van der Waals surface area contributed by atoms with E-state index in [1.807, 2.05) is 36.4 Å². The van der Waals surface area contributed by atoms with Gasteiger partial charge in [-0.15, -0.1) is 0 Å². The Morgan fingerprint density at radius 3 is 2.68 bits per heavy atom. The lowest BCUT2D eigenvalue weighted by molar-refractivity contribution is -0.130. The fourth-order valence-corrected chi connectivity index (χ4v) is 2.33. The Morgan fingerprint density at radius 1 is 1.09 bits per heavy atom. The SMILES string of the molecule is O=C1OC(CCc2ccccc2Cl)=N/C1=C/c1ccccn1. The van der Waals surface area contributed by atoms with Gasteiger partial charge in [-0.1, -0.05) is 35.9 Å². The molecule has 0 unspecified atom stereocenters. The third-order valence-electron chi connectivity index (χ3n) is 3.20. The first-order chi connectivity index (χ1) is 10.7. The lowest BCUT2D eigenvalue weighted by Gasteiger charge is -2.02. The number of hydrogen-bond acceptors (Lipinski definition) is 4. The molecule has 0 fully saturated rings. The molecule has 1 aromatic carbocycles. The number of aromatic nitrogens is 1. The number of rotatable bonds is 4. The first kappa shape index (κ1) is 14.5. The maximum Gasteiger partial charge on any atom is 0.363 e. The number of halogens is 1. The van der Waals surface area contributed by atoms with E-state index in [1.165, 1.54) is 0 Å². The highest BCUT2D eigenvalue weighted by Crippen LogP contribution is 2.20. The van der Waals surface area contributed by atoms with Crippen LogP contribution in [-0.2, 0) is 16.0 Å². The van der Waals surface area contributed by atoms with Crippen LogP contribution < -0.4 is 0 Å². The molecule has 0 bridgehead atoms. The molecule has 0 N–H and O–H groups in total. The van der Waals surface area contributed by atoms with Crippen molar-refractivity contribution in [2.24, 2.45) is 4.99 Å². The second kappa shape index (κ2) is 6.54. The number of nitrogens with zero attached hydrogens (tertiary/aromatic N) is 2. The van der Waals surface area contributed by atoms with Gasteiger partial charge in [0.25, 0.3) is 0 Å². The van der Waals surface area contributed by atoms with Gasteiger partial charge in [0, 0.05) is 17.6 Å². The summed E-state index contributed by atoms with van der Waals surface area (Å²) in [6.07, 6.45) is 4.47. The fourth-order valence-electron chi connectivity index (χ4n) is 2.10. The molecule has 0 amide bonds. The smallest absolute Gasteiger partial charge is 0.363 e. The number of benzene rings is 1. The molecule has 0 spiro atoms. The fraction of sp³-hybridized carbons (Fsp3) is 0.118. The Hall–Kier alpha value is -2.46. The van der Waals surface area contributed by atoms with Crippen molar-refractivity contribution in [1.29, 1.82) is 0 Å². The van der Waals surface area contributed by atoms with Crippen molar-refractivity contribution >= 4 is 29.5 Å². The van der Waals surface area contributed by atoms with Crippen LogP contribution in [0.3, 0.4) is 0 Å². The Morgan fingerprint density at radius 2 is 1.91 bits per heavy atom. The van der Waals surface area contributed by atoms with Crippen LogP contribution in [0.4, 0.5) is 0 Å². The monoisotopic (exact) mass is 312 g/mol. The molecule has 0 saturated carbocycles. The second-order valence-corrected chi connectivity index (χ2v) is 5.18. The lowest BCUT2D eigenvalue weighted by atomic mass is 10.1. The van der Waals surface area contributed by atoms with Crippen molar-refractivity contribution in [3.8, 4) is 0 Å². The van der Waals surface area contributed by atoms with E-state index in [4.69, 9.17) is 16.3 Å². The standard InChI is InChI=1S/C17H13ClN2O2/c18-14-7-2-1-5-12(14)8-9-16-20-15(17(21)22-16)11-13-6-3-4-10-19-13/h1-7,10-11H,8-9H2/b15-11+. The molecular formula is C17H13ClN2O2. The van der Waals surface area contributed by atoms with Crippen molar-refractivity contribution in [2.45, 2.75) is 12.8 Å². The van der Waals surface area contributed by atoms with Gasteiger partial charge in [0.1, 0.15) is 0 Å². The summed E-state index contributed by atoms with van der Waals surface area (Å²) in [5.41, 5.74) is 1.95. The van der Waals surface area contributed by atoms with Crippen molar-refractivity contribution in [2.75, 3.05) is 0 Å². The minimum Gasteiger partial charge on any atom is -0.407 e. The van der Waals surface area contributed by atoms with Crippen LogP contribution in [0.5, 0.6) is 0 Å². The van der Waals surface area contributed by atoms with E-state index >= 15 is 0 Å². The summed E-state index contributed by atoms with van der Waals surface area (Å²) in [6.45, 7) is 0. The van der Waals surface area contributed by atoms with E-state index in [0.717, 1.165) is 5.56 Å². The summed E-state index contributed by atoms with van der Waals surface area (Å²) in [4.78, 5) is 20.2. The molecule has 0 radical (unpaired) electrons. The molecule has 1 aliphatic heterocycles. The topological polar surface area (TPSA) is 51.5 Å². The number of carbonyl (C=O) groups is 1. The van der Waals surface area contributed by atoms with Crippen molar-refractivity contribution < 1.29 is 9.53 Å². The first-order valence-corrected chi connectivity index (χ1v) is 7.26. The summed E-state index contributed by atoms with van der Waals surface area (Å²) in [6, 6.07) is 13.1. The number of aliphatic imine (C=N–C) groups is 1. The number of ether oxygens (including phenoxy) is 1. The molecule has 5 heteroatoms. The number of carbonyl (C=O) groups excluding carboxylic acids is 1. The third-order valence-corrected chi connectivity index (χ3v) is 3.57. The number of cyclic esters (lactones) is 1. The minimum atomic E-state index is -0.445. The molecule has 0 atom stereocenters. The summed E-state index contributed by atoms with van der Waals surface area (Å²) in [7, 11) is 0. The molecule has 0 saturated heterocycles. The second-order valence-electron chi connectivity index (χ2n) is 4.77. The first-order valence-electron chi connectivity index (χ1n) is 6.88. The van der Waals surface area contributed by atoms with Crippen LogP contribution in [0.2, 0.25) is 5.02 Å². The number of pyridine rings is 1. The number of esters is 1. The quantitative estimate of drug-likeness (QED) is 0.639. The van der Waals surface area contributed by atoms with Crippen molar-refractivity contribution in [1.82, 2.24) is 4.98 Å². The largest absolute Gasteiger partial charge is 0.407 e. The third kappa shape index (κ3) is 3.40. The van der Waals surface area contributed by atoms with Gasteiger partial charge in [0.2, 0.25) is 0 Å². The van der Waals surface area contributed by atoms with Crippen LogP contribution in [0.1, 0.15) is 17.7 Å². The van der Waals surface area contributed by atoms with Gasteiger partial charge in [-0.2, -0.15) is 0 Å². The van der Waals surface area contributed by atoms with Gasteiger partial charge in [-0.05, 0) is 36.3 Å². The highest BCUT2D eigenvalue weighted by molar-refractivity contribution is 6.31. The van der Waals surface area contributed by atoms with Gasteiger partial charge < -0.3 is 4.74 Å². The van der Waals surface area contributed by atoms with E-state index in [0.29, 0.717) is 29.5 Å². The molecule has 1 aliphatic rings. The van der Waals surface area contributed by atoms with Gasteiger partial charge in [-0.25, -0.2) is 9.79 Å². The van der Waals surface area contributed by atoms with Crippen LogP contribution in [0.25, 0.3) is 6.08 Å². The molecular weight excluding hydrogens is 300 g/mol. The molecule has 2 heterocycles. The van der Waals surface area contributed by atoms with Crippen LogP contribution in [0.15, 0.2) is 59.4 Å². The van der Waals surface area contributed by atoms with E-state index in [1.54, 1.807) is 18.3 Å². The van der Waals surface area contributed by atoms with Gasteiger partial charge in [0.05, 0.1) is 5.69 Å². The zero-order valence-electron chi connectivity index (χ0n) is 11.7. The highest BCUT2D eigenvalue weighted by atomic mass is 35.5. The molecule has 22 heavy (non-hydrogen) atoms. The van der Waals surface area contributed by atoms with Crippen LogP contribution >= 0.6 is 11.6 Å². The van der Waals surface area contributed by atoms with Gasteiger partial charge in [-0.3, -0.25) is 4.98 Å². The van der Waals surface area contributed by atoms with E-state index in [2.05, 4.69) is 9.98 Å². The zero-order chi connectivity index (χ0) is 15.4. The zero-order valence-corrected chi connectivity index (χ0v) is 12.5. The average molecular weight is 313 g/mol. The lowest BCUT2D eigenvalue weighted by Crippen LogP contribution is -2.05. The molecule has 110 valence electrons. The summed E-state index contributed by atoms with van der Waals surface area (Å²) < 4.78 is 5.18. The summed E-state index contributed by atoms with van der Waals surface area (Å²) in [5, 5.41) is 0.705. The molecule has 4 nitrogen and oxygen atoms in total. The van der Waals surface area contributed by atoms with Gasteiger partial charge >= 0.3 is 5.97 Å². The van der Waals surface area contributed by atoms with E-state index in [9.17, 15) is 4.79 Å². The Balaban J connectivity index is 1.71. The predicted octanol–water partition coefficient (Wildman–Crippen LogP) is 3.66. The predicted molar refractivity (Wildman–Crippen MR) is 85.5 cm³/mol. The van der Waals surface area contributed by atoms with Crippen LogP contribution in [0, 0.1) is 0 Å². The molecule has 2 aromatic rings. The molecule has 0 aliphatic carbocycles. The number of hydrogen-bond donors (Lipinski definition) is 0. The molecule has 1 aromatic heterocycles. The van der Waals surface area contributed by atoms with E-state index in [-0.39, 0.29) is 5.70 Å². The Bertz CT molecular complexity index is 754. The minimum absolute atomic E-state index is 0.271. The highest BCUT2D eigenvalue weighted by Gasteiger charge is 2.22. The van der Waals surface area contributed by atoms with Crippen molar-refractivity contribution in [3.63, 3.8) is 0 Å². The van der Waals surface area contributed by atoms with Crippen LogP contribution in [-0.4, -0.2) is 16.9 Å². The van der Waals surface area contributed by atoms with Gasteiger partial charge in [0.15, 0.2) is 11.6 Å². The maximum absolute atomic E-state index is 11.8. The normalized spacial score (nSPS) is 15.8. The molecule has 3 rings (SSSR count). The Kier molecular flexibility index (Phi) is 4.30. The number of aryl methyl sites for hydroxylation is 1. The average Bonchev–Trinajstić information content (AvgIpc) is 2.88. The maximum atomic E-state index is 11.8. The van der Waals surface area contributed by atoms with Crippen molar-refractivity contribution in [3.05, 3.63) is 70.6 Å². The Labute approximate surface area is 133 Å². The summed E-state index contributed by atoms with van der Waals surface area (Å²) >= 11 is 6.11. The van der Waals surface area contributed by atoms with E-state index < -0.39 is 5.97 Å². The summed E-state index contributed by atoms with van der Waals surface area (Å²) in [5.74, 6) is -0.0353.